The molecule has 2 saturated heterocycles. The lowest BCUT2D eigenvalue weighted by atomic mass is 9.88. The molecule has 0 radical (unpaired) electrons. The van der Waals surface area contributed by atoms with Gasteiger partial charge in [-0.3, -0.25) is 4.79 Å². The number of likely N-dealkylation sites (tertiary alicyclic amines) is 1. The van der Waals surface area contributed by atoms with Gasteiger partial charge in [0.2, 0.25) is 0 Å². The summed E-state index contributed by atoms with van der Waals surface area (Å²) in [6.07, 6.45) is 2.67. The second-order valence-corrected chi connectivity index (χ2v) is 5.07. The van der Waals surface area contributed by atoms with Crippen molar-refractivity contribution in [1.82, 2.24) is 19.0 Å². The molecular formula is C10H14N4OS. The van der Waals surface area contributed by atoms with Crippen LogP contribution in [0.5, 0.6) is 0 Å². The summed E-state index contributed by atoms with van der Waals surface area (Å²) in [6, 6.07) is 0. The van der Waals surface area contributed by atoms with Gasteiger partial charge in [0.1, 0.15) is 0 Å². The number of carbonyl (C=O) groups excluding carboxylic acids is 1. The normalized spacial score (nSPS) is 29.1. The largest absolute Gasteiger partial charge is 0.337 e. The number of nitrogens with zero attached hydrogens (tertiary/aromatic N) is 3. The molecule has 0 bridgehead atoms. The van der Waals surface area contributed by atoms with E-state index in [1.54, 1.807) is 6.20 Å². The van der Waals surface area contributed by atoms with E-state index in [1.165, 1.54) is 0 Å². The third-order valence-corrected chi connectivity index (χ3v) is 4.05. The second-order valence-electron chi connectivity index (χ2n) is 4.51. The van der Waals surface area contributed by atoms with Crippen LogP contribution in [0.15, 0.2) is 6.20 Å². The maximum Gasteiger partial charge on any atom is 0.275 e. The smallest absolute Gasteiger partial charge is 0.275 e. The average molecular weight is 238 g/mol. The first-order valence-corrected chi connectivity index (χ1v) is 6.35. The van der Waals surface area contributed by atoms with Crippen LogP contribution < -0.4 is 5.32 Å². The van der Waals surface area contributed by atoms with Crippen molar-refractivity contribution in [3.8, 4) is 0 Å². The van der Waals surface area contributed by atoms with Gasteiger partial charge in [-0.05, 0) is 31.3 Å². The van der Waals surface area contributed by atoms with Crippen LogP contribution in [-0.4, -0.2) is 45.7 Å². The van der Waals surface area contributed by atoms with E-state index >= 15 is 0 Å². The van der Waals surface area contributed by atoms with Crippen LogP contribution in [0.2, 0.25) is 0 Å². The fraction of sp³-hybridized carbons (Fsp3) is 0.700. The number of nitrogens with one attached hydrogen (secondary N) is 1. The Morgan fingerprint density at radius 1 is 1.50 bits per heavy atom. The van der Waals surface area contributed by atoms with E-state index < -0.39 is 0 Å². The fourth-order valence-corrected chi connectivity index (χ4v) is 3.05. The van der Waals surface area contributed by atoms with E-state index in [0.717, 1.165) is 50.2 Å². The van der Waals surface area contributed by atoms with Crippen LogP contribution in [0.4, 0.5) is 0 Å². The van der Waals surface area contributed by atoms with Crippen LogP contribution in [0.1, 0.15) is 16.9 Å². The van der Waals surface area contributed by atoms with E-state index in [1.807, 2.05) is 4.90 Å². The zero-order valence-electron chi connectivity index (χ0n) is 8.93. The van der Waals surface area contributed by atoms with Crippen LogP contribution in [0, 0.1) is 11.8 Å². The molecule has 1 aromatic heterocycles. The molecule has 1 aromatic rings. The summed E-state index contributed by atoms with van der Waals surface area (Å²) in [5.74, 6) is 1.43. The zero-order valence-corrected chi connectivity index (χ0v) is 9.74. The minimum Gasteiger partial charge on any atom is -0.337 e. The summed E-state index contributed by atoms with van der Waals surface area (Å²) in [4.78, 5) is 14.0. The Morgan fingerprint density at radius 3 is 3.19 bits per heavy atom. The van der Waals surface area contributed by atoms with E-state index in [0.29, 0.717) is 11.6 Å². The summed E-state index contributed by atoms with van der Waals surface area (Å²) in [6.45, 7) is 3.89. The number of carbonyl (C=O) groups is 1. The minimum absolute atomic E-state index is 0.0408. The van der Waals surface area contributed by atoms with E-state index in [-0.39, 0.29) is 5.91 Å². The molecule has 2 aliphatic heterocycles. The Labute approximate surface area is 98.2 Å². The van der Waals surface area contributed by atoms with Crippen molar-refractivity contribution in [1.29, 1.82) is 0 Å². The van der Waals surface area contributed by atoms with Gasteiger partial charge < -0.3 is 10.2 Å². The lowest BCUT2D eigenvalue weighted by Gasteiger charge is -2.33. The number of aromatic nitrogens is 2. The molecule has 3 rings (SSSR count). The van der Waals surface area contributed by atoms with Gasteiger partial charge in [-0.25, -0.2) is 0 Å². The molecule has 0 spiro atoms. The molecular weight excluding hydrogens is 224 g/mol. The molecule has 5 nitrogen and oxygen atoms in total. The van der Waals surface area contributed by atoms with Crippen molar-refractivity contribution in [2.75, 3.05) is 26.2 Å². The lowest BCUT2D eigenvalue weighted by Crippen LogP contribution is -2.43. The number of hydrogen-bond donors (Lipinski definition) is 1. The van der Waals surface area contributed by atoms with Crippen LogP contribution in [-0.2, 0) is 0 Å². The highest BCUT2D eigenvalue weighted by Crippen LogP contribution is 2.27. The molecule has 1 amide bonds. The fourth-order valence-electron chi connectivity index (χ4n) is 2.64. The SMILES string of the molecule is O=C(c1cnsn1)N1CCC2CNCC2C1. The molecule has 16 heavy (non-hydrogen) atoms. The Bertz CT molecular complexity index is 380. The number of hydrogen-bond acceptors (Lipinski definition) is 5. The highest BCUT2D eigenvalue weighted by Gasteiger charge is 2.35. The van der Waals surface area contributed by atoms with Gasteiger partial charge in [-0.1, -0.05) is 0 Å². The molecule has 0 saturated carbocycles. The quantitative estimate of drug-likeness (QED) is 0.760. The van der Waals surface area contributed by atoms with Crippen molar-refractivity contribution < 1.29 is 4.79 Å². The molecule has 2 aliphatic rings. The molecule has 0 aromatic carbocycles. The van der Waals surface area contributed by atoms with Crippen molar-refractivity contribution in [2.24, 2.45) is 11.8 Å². The molecule has 3 heterocycles. The Morgan fingerprint density at radius 2 is 2.38 bits per heavy atom. The summed E-state index contributed by atoms with van der Waals surface area (Å²) < 4.78 is 7.88. The molecule has 0 aliphatic carbocycles. The molecule has 1 N–H and O–H groups in total. The third-order valence-electron chi connectivity index (χ3n) is 3.57. The predicted octanol–water partition coefficient (Wildman–Crippen LogP) is 0.220. The topological polar surface area (TPSA) is 58.1 Å². The highest BCUT2D eigenvalue weighted by atomic mass is 32.1. The zero-order chi connectivity index (χ0) is 11.0. The van der Waals surface area contributed by atoms with Crippen LogP contribution in [0.25, 0.3) is 0 Å². The summed E-state index contributed by atoms with van der Waals surface area (Å²) in [7, 11) is 0. The molecule has 2 atom stereocenters. The maximum atomic E-state index is 12.1. The number of fused-ring (bicyclic) bond motifs is 1. The summed E-state index contributed by atoms with van der Waals surface area (Å²) in [5, 5.41) is 3.39. The van der Waals surface area contributed by atoms with Crippen LogP contribution in [0.3, 0.4) is 0 Å². The standard InChI is InChI=1S/C10H14N4OS/c15-10(9-5-12-16-13-9)14-2-1-7-3-11-4-8(7)6-14/h5,7-8,11H,1-4,6H2. The maximum absolute atomic E-state index is 12.1. The van der Waals surface area contributed by atoms with Gasteiger partial charge in [0.05, 0.1) is 17.9 Å². The van der Waals surface area contributed by atoms with Crippen molar-refractivity contribution >= 4 is 17.6 Å². The second kappa shape index (κ2) is 4.10. The average Bonchev–Trinajstić information content (AvgIpc) is 2.98. The first kappa shape index (κ1) is 10.2. The first-order chi connectivity index (χ1) is 7.84. The van der Waals surface area contributed by atoms with Crippen molar-refractivity contribution in [3.05, 3.63) is 11.9 Å². The minimum atomic E-state index is 0.0408. The molecule has 2 unspecified atom stereocenters. The Balaban J connectivity index is 1.70. The predicted molar refractivity (Wildman–Crippen MR) is 60.3 cm³/mol. The van der Waals surface area contributed by atoms with E-state index in [4.69, 9.17) is 0 Å². The van der Waals surface area contributed by atoms with Gasteiger partial charge in [0.25, 0.3) is 5.91 Å². The van der Waals surface area contributed by atoms with Gasteiger partial charge >= 0.3 is 0 Å². The van der Waals surface area contributed by atoms with Gasteiger partial charge in [0, 0.05) is 13.1 Å². The van der Waals surface area contributed by atoms with Gasteiger partial charge in [-0.15, -0.1) is 0 Å². The van der Waals surface area contributed by atoms with E-state index in [9.17, 15) is 4.79 Å². The Hall–Kier alpha value is -1.01. The molecule has 86 valence electrons. The molecule has 2 fully saturated rings. The first-order valence-electron chi connectivity index (χ1n) is 5.62. The van der Waals surface area contributed by atoms with Crippen molar-refractivity contribution in [3.63, 3.8) is 0 Å². The van der Waals surface area contributed by atoms with Gasteiger partial charge in [0.15, 0.2) is 5.69 Å². The highest BCUT2D eigenvalue weighted by molar-refractivity contribution is 6.99. The van der Waals surface area contributed by atoms with Gasteiger partial charge in [-0.2, -0.15) is 8.75 Å². The summed E-state index contributed by atoms with van der Waals surface area (Å²) >= 11 is 1.09. The lowest BCUT2D eigenvalue weighted by molar-refractivity contribution is 0.0637. The van der Waals surface area contributed by atoms with Crippen LogP contribution >= 0.6 is 11.7 Å². The Kier molecular flexibility index (Phi) is 2.61. The number of piperidine rings is 1. The van der Waals surface area contributed by atoms with E-state index in [2.05, 4.69) is 14.1 Å². The summed E-state index contributed by atoms with van der Waals surface area (Å²) in [5.41, 5.74) is 0.495. The monoisotopic (exact) mass is 238 g/mol. The third kappa shape index (κ3) is 1.72. The van der Waals surface area contributed by atoms with Crippen molar-refractivity contribution in [2.45, 2.75) is 6.42 Å². The molecule has 6 heteroatoms. The number of rotatable bonds is 1. The number of amides is 1.